The van der Waals surface area contributed by atoms with Gasteiger partial charge in [0.1, 0.15) is 5.75 Å². The van der Waals surface area contributed by atoms with Crippen LogP contribution in [0.15, 0.2) is 58.6 Å². The Bertz CT molecular complexity index is 1500. The van der Waals surface area contributed by atoms with E-state index in [-0.39, 0.29) is 35.9 Å². The third-order valence-electron chi connectivity index (χ3n) is 8.40. The number of alkyl halides is 3. The van der Waals surface area contributed by atoms with Gasteiger partial charge in [-0.25, -0.2) is 0 Å². The van der Waals surface area contributed by atoms with E-state index < -0.39 is 45.2 Å². The molecule has 6 unspecified atom stereocenters. The van der Waals surface area contributed by atoms with Crippen LogP contribution in [0, 0.1) is 21.3 Å². The van der Waals surface area contributed by atoms with E-state index in [1.54, 1.807) is 24.3 Å². The van der Waals surface area contributed by atoms with Gasteiger partial charge in [-0.15, -0.1) is 23.2 Å². The molecule has 2 aliphatic carbocycles. The molecule has 202 valence electrons. The van der Waals surface area contributed by atoms with Crippen molar-refractivity contribution in [1.29, 1.82) is 0 Å². The quantitative estimate of drug-likeness (QED) is 0.142. The van der Waals surface area contributed by atoms with Gasteiger partial charge in [-0.05, 0) is 83.8 Å². The number of hydrogen-bond donors (Lipinski definition) is 1. The highest BCUT2D eigenvalue weighted by Gasteiger charge is 2.76. The topological polar surface area (TPSA) is 95.0 Å². The summed E-state index contributed by atoms with van der Waals surface area (Å²) in [5, 5.41) is 11.0. The Balaban J connectivity index is 1.53. The Kier molecular flexibility index (Phi) is 6.77. The van der Waals surface area contributed by atoms with E-state index >= 15 is 0 Å². The molecule has 4 amide bonds. The van der Waals surface area contributed by atoms with Crippen molar-refractivity contribution in [3.8, 4) is 5.75 Å². The first kappa shape index (κ1) is 27.7. The minimum Gasteiger partial charge on any atom is -0.508 e. The second kappa shape index (κ2) is 9.54. The lowest BCUT2D eigenvalue weighted by atomic mass is 9.56. The van der Waals surface area contributed by atoms with E-state index in [1.165, 1.54) is 11.0 Å². The van der Waals surface area contributed by atoms with Crippen molar-refractivity contribution in [2.75, 3.05) is 10.4 Å². The second-order valence-corrected chi connectivity index (χ2v) is 14.1. The van der Waals surface area contributed by atoms with Crippen LogP contribution in [-0.2, 0) is 19.2 Å². The normalized spacial score (nSPS) is 33.7. The highest BCUT2D eigenvalue weighted by Crippen LogP contribution is 2.66. The van der Waals surface area contributed by atoms with Gasteiger partial charge in [0.05, 0.1) is 23.0 Å². The standard InChI is InChI=1S/C27H19Br2Cl2IN2O5/c28-11-33-24(38)26(30)10-18-15(21(27(26,31)25(33)39)17-9-12(29)1-8-19(17)35)6-7-16-20(18)23(37)34(22(16)36)14-4-2-13(32)3-5-14/h1-6,8-9,16,18,20-21,35H,7,10-11H2. The van der Waals surface area contributed by atoms with Gasteiger partial charge < -0.3 is 5.11 Å². The summed E-state index contributed by atoms with van der Waals surface area (Å²) >= 11 is 23.2. The molecule has 39 heavy (non-hydrogen) atoms. The number of amides is 4. The maximum atomic E-state index is 14.0. The summed E-state index contributed by atoms with van der Waals surface area (Å²) in [6.45, 7) is 0. The number of anilines is 1. The Labute approximate surface area is 264 Å². The molecule has 6 atom stereocenters. The smallest absolute Gasteiger partial charge is 0.254 e. The third kappa shape index (κ3) is 3.70. The highest BCUT2D eigenvalue weighted by molar-refractivity contribution is 14.1. The van der Waals surface area contributed by atoms with Gasteiger partial charge in [-0.1, -0.05) is 43.5 Å². The number of rotatable bonds is 3. The Morgan fingerprint density at radius 3 is 2.36 bits per heavy atom. The second-order valence-electron chi connectivity index (χ2n) is 10.2. The molecule has 2 saturated heterocycles. The monoisotopic (exact) mass is 806 g/mol. The molecular formula is C27H19Br2Cl2IN2O5. The molecule has 4 aliphatic rings. The molecule has 1 N–H and O–H groups in total. The number of aromatic hydroxyl groups is 1. The fourth-order valence-corrected chi connectivity index (χ4v) is 8.86. The molecule has 2 heterocycles. The van der Waals surface area contributed by atoms with E-state index in [2.05, 4.69) is 54.5 Å². The highest BCUT2D eigenvalue weighted by atomic mass is 127. The van der Waals surface area contributed by atoms with E-state index in [1.807, 2.05) is 18.2 Å². The van der Waals surface area contributed by atoms with Crippen molar-refractivity contribution >= 4 is 107 Å². The molecule has 7 nitrogen and oxygen atoms in total. The zero-order chi connectivity index (χ0) is 28.0. The molecule has 2 aromatic rings. The summed E-state index contributed by atoms with van der Waals surface area (Å²) in [7, 11) is 0. The molecule has 0 spiro atoms. The number of fused-ring (bicyclic) bond motifs is 4. The van der Waals surface area contributed by atoms with Gasteiger partial charge in [0, 0.05) is 19.5 Å². The number of phenols is 1. The lowest BCUT2D eigenvalue weighted by molar-refractivity contribution is -0.138. The van der Waals surface area contributed by atoms with Crippen molar-refractivity contribution < 1.29 is 24.3 Å². The first-order valence-electron chi connectivity index (χ1n) is 12.1. The molecule has 2 aliphatic heterocycles. The van der Waals surface area contributed by atoms with Crippen molar-refractivity contribution in [2.45, 2.75) is 28.5 Å². The zero-order valence-electron chi connectivity index (χ0n) is 19.9. The molecular weight excluding hydrogens is 790 g/mol. The Morgan fingerprint density at radius 2 is 1.69 bits per heavy atom. The van der Waals surface area contributed by atoms with Crippen molar-refractivity contribution in [2.24, 2.45) is 17.8 Å². The van der Waals surface area contributed by atoms with Crippen LogP contribution < -0.4 is 4.90 Å². The summed E-state index contributed by atoms with van der Waals surface area (Å²) in [6.07, 6.45) is 1.98. The molecule has 0 radical (unpaired) electrons. The number of benzene rings is 2. The van der Waals surface area contributed by atoms with Crippen molar-refractivity contribution in [3.63, 3.8) is 0 Å². The Morgan fingerprint density at radius 1 is 1.00 bits per heavy atom. The maximum Gasteiger partial charge on any atom is 0.254 e. The van der Waals surface area contributed by atoms with E-state index in [0.29, 0.717) is 21.3 Å². The van der Waals surface area contributed by atoms with Gasteiger partial charge >= 0.3 is 0 Å². The van der Waals surface area contributed by atoms with Gasteiger partial charge in [-0.3, -0.25) is 29.0 Å². The molecule has 1 saturated carbocycles. The van der Waals surface area contributed by atoms with Gasteiger partial charge in [0.15, 0.2) is 9.75 Å². The summed E-state index contributed by atoms with van der Waals surface area (Å²) in [5.74, 6) is -5.30. The summed E-state index contributed by atoms with van der Waals surface area (Å²) in [5.41, 5.74) is 1.29. The summed E-state index contributed by atoms with van der Waals surface area (Å²) in [4.78, 5) is 53.3. The fourth-order valence-electron chi connectivity index (χ4n) is 6.70. The minimum absolute atomic E-state index is 0.107. The SMILES string of the molecule is O=C1C2CC=C3C(CC4(Cl)C(=O)N(CBr)C(=O)C4(Cl)C3c3cc(Br)ccc3O)C2C(=O)N1c1ccc(I)cc1. The van der Waals surface area contributed by atoms with Gasteiger partial charge in [0.2, 0.25) is 11.8 Å². The molecule has 2 aromatic carbocycles. The molecule has 0 bridgehead atoms. The number of hydrogen-bond acceptors (Lipinski definition) is 5. The zero-order valence-corrected chi connectivity index (χ0v) is 26.8. The predicted molar refractivity (Wildman–Crippen MR) is 161 cm³/mol. The first-order valence-corrected chi connectivity index (χ1v) is 15.8. The van der Waals surface area contributed by atoms with Crippen LogP contribution >= 0.6 is 77.7 Å². The van der Waals surface area contributed by atoms with E-state index in [0.717, 1.165) is 8.47 Å². The minimum atomic E-state index is -1.96. The number of allylic oxidation sites excluding steroid dienone is 2. The average Bonchev–Trinajstić information content (AvgIpc) is 3.24. The van der Waals surface area contributed by atoms with Crippen molar-refractivity contribution in [1.82, 2.24) is 4.90 Å². The summed E-state index contributed by atoms with van der Waals surface area (Å²) in [6, 6.07) is 11.9. The van der Waals surface area contributed by atoms with E-state index in [4.69, 9.17) is 23.2 Å². The number of nitrogens with zero attached hydrogens (tertiary/aromatic N) is 2. The number of carbonyl (C=O) groups is 4. The van der Waals surface area contributed by atoms with Crippen LogP contribution in [0.5, 0.6) is 5.75 Å². The number of halogens is 5. The van der Waals surface area contributed by atoms with Crippen LogP contribution in [-0.4, -0.2) is 48.8 Å². The average molecular weight is 809 g/mol. The largest absolute Gasteiger partial charge is 0.508 e. The lowest BCUT2D eigenvalue weighted by Gasteiger charge is -2.50. The molecule has 12 heteroatoms. The van der Waals surface area contributed by atoms with Crippen LogP contribution in [0.25, 0.3) is 0 Å². The number of phenolic OH excluding ortho intramolecular Hbond substituents is 1. The Hall–Kier alpha value is -1.47. The van der Waals surface area contributed by atoms with Crippen molar-refractivity contribution in [3.05, 3.63) is 67.7 Å². The number of likely N-dealkylation sites (tertiary alicyclic amines) is 1. The summed E-state index contributed by atoms with van der Waals surface area (Å²) < 4.78 is 1.59. The number of imide groups is 2. The van der Waals surface area contributed by atoms with Crippen LogP contribution in [0.4, 0.5) is 5.69 Å². The van der Waals surface area contributed by atoms with Gasteiger partial charge in [-0.2, -0.15) is 0 Å². The van der Waals surface area contributed by atoms with E-state index in [9.17, 15) is 24.3 Å². The fraction of sp³-hybridized carbons (Fsp3) is 0.333. The lowest BCUT2D eigenvalue weighted by Crippen LogP contribution is -2.60. The number of carbonyl (C=O) groups excluding carboxylic acids is 4. The maximum absolute atomic E-state index is 14.0. The van der Waals surface area contributed by atoms with Crippen LogP contribution in [0.1, 0.15) is 24.3 Å². The molecule has 6 rings (SSSR count). The molecule has 3 fully saturated rings. The predicted octanol–water partition coefficient (Wildman–Crippen LogP) is 5.68. The van der Waals surface area contributed by atoms with Gasteiger partial charge in [0.25, 0.3) is 11.8 Å². The first-order chi connectivity index (χ1) is 18.5. The third-order valence-corrected chi connectivity index (χ3v) is 11.5. The molecule has 0 aromatic heterocycles. The van der Waals surface area contributed by atoms with Crippen LogP contribution in [0.3, 0.4) is 0 Å². The van der Waals surface area contributed by atoms with Crippen LogP contribution in [0.2, 0.25) is 0 Å².